The molecule has 0 bridgehead atoms. The fourth-order valence-electron chi connectivity index (χ4n) is 0.685. The summed E-state index contributed by atoms with van der Waals surface area (Å²) in [6.07, 6.45) is 2.05. The van der Waals surface area contributed by atoms with Crippen LogP contribution in [-0.2, 0) is 9.53 Å². The third-order valence-corrected chi connectivity index (χ3v) is 1.87. The molecule has 0 amide bonds. The van der Waals surface area contributed by atoms with Crippen molar-refractivity contribution in [1.82, 2.24) is 4.37 Å². The molecule has 1 rings (SSSR count). The number of carbonyl (C=O) groups is 1. The first-order valence-electron chi connectivity index (χ1n) is 4.10. The van der Waals surface area contributed by atoms with Crippen LogP contribution < -0.4 is 0 Å². The third kappa shape index (κ3) is 3.47. The Morgan fingerprint density at radius 1 is 1.80 bits per heavy atom. The maximum Gasteiger partial charge on any atom is 0.362 e. The van der Waals surface area contributed by atoms with Crippen LogP contribution in [0.25, 0.3) is 0 Å². The highest BCUT2D eigenvalue weighted by Crippen LogP contribution is 2.14. The number of nitrogens with zero attached hydrogens (tertiary/aromatic N) is 3. The molecule has 0 spiro atoms. The number of hydrogen-bond donors (Lipinski definition) is 1. The van der Waals surface area contributed by atoms with Gasteiger partial charge in [-0.1, -0.05) is 0 Å². The highest BCUT2D eigenvalue weighted by atomic mass is 32.1. The van der Waals surface area contributed by atoms with Crippen LogP contribution in [0.3, 0.4) is 0 Å². The standard InChI is InChI=1S/C8H9N3O3S/c1-2-14-8(13)7(4-12)11-10-6-3-9-15-5-6/h3-5,12H,2H2,1H3. The Kier molecular flexibility index (Phi) is 4.42. The lowest BCUT2D eigenvalue weighted by atomic mass is 10.5. The lowest BCUT2D eigenvalue weighted by Crippen LogP contribution is -2.05. The first-order valence-corrected chi connectivity index (χ1v) is 4.94. The van der Waals surface area contributed by atoms with E-state index in [0.717, 1.165) is 0 Å². The van der Waals surface area contributed by atoms with Gasteiger partial charge in [0.15, 0.2) is 0 Å². The molecule has 0 saturated heterocycles. The zero-order chi connectivity index (χ0) is 11.1. The van der Waals surface area contributed by atoms with E-state index in [1.807, 2.05) is 0 Å². The van der Waals surface area contributed by atoms with Gasteiger partial charge in [0.25, 0.3) is 0 Å². The van der Waals surface area contributed by atoms with Crippen molar-refractivity contribution in [1.29, 1.82) is 0 Å². The van der Waals surface area contributed by atoms with Crippen LogP contribution in [0.5, 0.6) is 0 Å². The molecule has 0 aliphatic heterocycles. The molecule has 0 radical (unpaired) electrons. The number of azo groups is 1. The fraction of sp³-hybridized carbons (Fsp3) is 0.250. The maximum absolute atomic E-state index is 11.1. The van der Waals surface area contributed by atoms with E-state index in [1.54, 1.807) is 12.3 Å². The molecule has 0 aliphatic rings. The summed E-state index contributed by atoms with van der Waals surface area (Å²) in [4.78, 5) is 11.1. The monoisotopic (exact) mass is 227 g/mol. The van der Waals surface area contributed by atoms with Gasteiger partial charge in [-0.25, -0.2) is 4.79 Å². The summed E-state index contributed by atoms with van der Waals surface area (Å²) in [5.74, 6) is -0.716. The smallest absolute Gasteiger partial charge is 0.362 e. The van der Waals surface area contributed by atoms with Crippen LogP contribution in [-0.4, -0.2) is 22.1 Å². The molecule has 0 fully saturated rings. The van der Waals surface area contributed by atoms with Gasteiger partial charge in [0.1, 0.15) is 11.9 Å². The molecule has 7 heteroatoms. The largest absolute Gasteiger partial charge is 0.513 e. The van der Waals surface area contributed by atoms with Gasteiger partial charge in [-0.2, -0.15) is 4.37 Å². The van der Waals surface area contributed by atoms with Gasteiger partial charge < -0.3 is 9.84 Å². The van der Waals surface area contributed by atoms with E-state index in [1.165, 1.54) is 17.7 Å². The van der Waals surface area contributed by atoms with Gasteiger partial charge >= 0.3 is 5.97 Å². The molecule has 0 aliphatic carbocycles. The molecule has 80 valence electrons. The van der Waals surface area contributed by atoms with Crippen molar-refractivity contribution in [3.05, 3.63) is 23.5 Å². The predicted molar refractivity (Wildman–Crippen MR) is 54.0 cm³/mol. The number of ether oxygens (including phenoxy) is 1. The van der Waals surface area contributed by atoms with Crippen molar-refractivity contribution in [3.8, 4) is 0 Å². The number of aliphatic hydroxyl groups excluding tert-OH is 1. The first kappa shape index (κ1) is 11.3. The molecule has 0 atom stereocenters. The SMILES string of the molecule is CCOC(=O)C(=CO)N=Nc1cnsc1. The predicted octanol–water partition coefficient (Wildman–Crippen LogP) is 2.19. The summed E-state index contributed by atoms with van der Waals surface area (Å²) in [7, 11) is 0. The molecule has 1 N–H and O–H groups in total. The van der Waals surface area contributed by atoms with Crippen molar-refractivity contribution < 1.29 is 14.6 Å². The Balaban J connectivity index is 2.66. The van der Waals surface area contributed by atoms with Gasteiger partial charge in [-0.05, 0) is 18.5 Å². The lowest BCUT2D eigenvalue weighted by Gasteiger charge is -1.98. The summed E-state index contributed by atoms with van der Waals surface area (Å²) in [5, 5.41) is 17.6. The molecule has 15 heavy (non-hydrogen) atoms. The average molecular weight is 227 g/mol. The van der Waals surface area contributed by atoms with Crippen LogP contribution in [0.2, 0.25) is 0 Å². The van der Waals surface area contributed by atoms with E-state index in [-0.39, 0.29) is 12.3 Å². The third-order valence-electron chi connectivity index (χ3n) is 1.30. The molecule has 0 aromatic carbocycles. The molecule has 0 unspecified atom stereocenters. The van der Waals surface area contributed by atoms with Crippen LogP contribution in [0.4, 0.5) is 5.69 Å². The topological polar surface area (TPSA) is 84.1 Å². The van der Waals surface area contributed by atoms with Gasteiger partial charge in [0.2, 0.25) is 5.70 Å². The number of hydrogen-bond acceptors (Lipinski definition) is 7. The Morgan fingerprint density at radius 3 is 3.13 bits per heavy atom. The molecular formula is C8H9N3O3S. The molecule has 1 aromatic heterocycles. The van der Waals surface area contributed by atoms with E-state index in [4.69, 9.17) is 5.11 Å². The second-order valence-corrected chi connectivity index (χ2v) is 2.97. The number of aliphatic hydroxyl groups is 1. The van der Waals surface area contributed by atoms with Crippen molar-refractivity contribution in [2.45, 2.75) is 6.92 Å². The average Bonchev–Trinajstić information content (AvgIpc) is 2.72. The van der Waals surface area contributed by atoms with Gasteiger partial charge in [0, 0.05) is 5.38 Å². The summed E-state index contributed by atoms with van der Waals surface area (Å²) < 4.78 is 8.43. The highest BCUT2D eigenvalue weighted by molar-refractivity contribution is 7.03. The molecular weight excluding hydrogens is 218 g/mol. The summed E-state index contributed by atoms with van der Waals surface area (Å²) in [6.45, 7) is 1.87. The van der Waals surface area contributed by atoms with E-state index >= 15 is 0 Å². The van der Waals surface area contributed by atoms with Crippen LogP contribution in [0, 0.1) is 0 Å². The van der Waals surface area contributed by atoms with Crippen LogP contribution >= 0.6 is 11.5 Å². The van der Waals surface area contributed by atoms with Crippen molar-refractivity contribution in [2.75, 3.05) is 6.61 Å². The second-order valence-electron chi connectivity index (χ2n) is 2.32. The molecule has 1 heterocycles. The maximum atomic E-state index is 11.1. The minimum Gasteiger partial charge on any atom is -0.513 e. The molecule has 0 saturated carbocycles. The van der Waals surface area contributed by atoms with Crippen LogP contribution in [0.15, 0.2) is 33.8 Å². The Hall–Kier alpha value is -1.76. The Morgan fingerprint density at radius 2 is 2.60 bits per heavy atom. The fourth-order valence-corrected chi connectivity index (χ4v) is 1.13. The molecule has 6 nitrogen and oxygen atoms in total. The Bertz CT molecular complexity index is 372. The zero-order valence-corrected chi connectivity index (χ0v) is 8.77. The second kappa shape index (κ2) is 5.86. The minimum atomic E-state index is -0.716. The normalized spacial score (nSPS) is 11.9. The van der Waals surface area contributed by atoms with E-state index in [9.17, 15) is 4.79 Å². The number of carbonyl (C=O) groups excluding carboxylic acids is 1. The minimum absolute atomic E-state index is 0.214. The van der Waals surface area contributed by atoms with Gasteiger partial charge in [0.05, 0.1) is 12.8 Å². The quantitative estimate of drug-likeness (QED) is 0.370. The zero-order valence-electron chi connectivity index (χ0n) is 7.95. The van der Waals surface area contributed by atoms with E-state index < -0.39 is 5.97 Å². The summed E-state index contributed by atoms with van der Waals surface area (Å²) in [6, 6.07) is 0. The number of rotatable bonds is 4. The first-order chi connectivity index (χ1) is 7.27. The van der Waals surface area contributed by atoms with E-state index in [2.05, 4.69) is 19.3 Å². The number of aromatic nitrogens is 1. The van der Waals surface area contributed by atoms with Crippen molar-refractivity contribution >= 4 is 23.2 Å². The van der Waals surface area contributed by atoms with Crippen LogP contribution in [0.1, 0.15) is 6.92 Å². The van der Waals surface area contributed by atoms with Gasteiger partial charge in [-0.15, -0.1) is 10.2 Å². The summed E-state index contributed by atoms with van der Waals surface area (Å²) >= 11 is 1.22. The highest BCUT2D eigenvalue weighted by Gasteiger charge is 2.09. The van der Waals surface area contributed by atoms with Crippen molar-refractivity contribution in [2.24, 2.45) is 10.2 Å². The molecule has 1 aromatic rings. The lowest BCUT2D eigenvalue weighted by molar-refractivity contribution is -0.138. The summed E-state index contributed by atoms with van der Waals surface area (Å²) in [5.41, 5.74) is 0.270. The Labute approximate surface area is 90.1 Å². The number of esters is 1. The van der Waals surface area contributed by atoms with E-state index in [0.29, 0.717) is 11.9 Å². The van der Waals surface area contributed by atoms with Crippen molar-refractivity contribution in [3.63, 3.8) is 0 Å². The van der Waals surface area contributed by atoms with Gasteiger partial charge in [-0.3, -0.25) is 0 Å².